The molecule has 1 saturated heterocycles. The van der Waals surface area contributed by atoms with Gasteiger partial charge >= 0.3 is 6.03 Å². The molecule has 2 N–H and O–H groups in total. The van der Waals surface area contributed by atoms with E-state index < -0.39 is 17.8 Å². The zero-order valence-corrected chi connectivity index (χ0v) is 27.1. The largest absolute Gasteiger partial charge is 0.493 e. The molecule has 1 aliphatic rings. The molecule has 3 aromatic carbocycles. The van der Waals surface area contributed by atoms with Gasteiger partial charge in [-0.1, -0.05) is 19.1 Å². The number of nitrogens with one attached hydrogen (secondary N) is 2. The van der Waals surface area contributed by atoms with E-state index in [9.17, 15) is 19.2 Å². The second-order valence-electron chi connectivity index (χ2n) is 9.76. The Morgan fingerprint density at radius 2 is 1.73 bits per heavy atom. The predicted molar refractivity (Wildman–Crippen MR) is 174 cm³/mol. The average molecular weight is 714 g/mol. The van der Waals surface area contributed by atoms with E-state index in [1.165, 1.54) is 32.4 Å². The molecule has 0 aromatic heterocycles. The number of urea groups is 1. The molecule has 1 fully saturated rings. The first-order valence-corrected chi connectivity index (χ1v) is 14.7. The average Bonchev–Trinajstić information content (AvgIpc) is 2.99. The van der Waals surface area contributed by atoms with Crippen molar-refractivity contribution in [3.63, 3.8) is 0 Å². The normalized spacial score (nSPS) is 13.9. The Morgan fingerprint density at radius 3 is 2.43 bits per heavy atom. The summed E-state index contributed by atoms with van der Waals surface area (Å²) >= 11 is 2.01. The lowest BCUT2D eigenvalue weighted by Gasteiger charge is -2.27. The third kappa shape index (κ3) is 7.13. The van der Waals surface area contributed by atoms with Gasteiger partial charge in [0.05, 0.1) is 30.1 Å². The van der Waals surface area contributed by atoms with Crippen LogP contribution < -0.4 is 34.5 Å². The van der Waals surface area contributed by atoms with Gasteiger partial charge in [0, 0.05) is 11.8 Å². The van der Waals surface area contributed by atoms with Gasteiger partial charge in [0.25, 0.3) is 17.7 Å². The molecule has 0 atom stereocenters. The van der Waals surface area contributed by atoms with Crippen LogP contribution in [-0.2, 0) is 14.4 Å². The van der Waals surface area contributed by atoms with E-state index in [-0.39, 0.29) is 29.5 Å². The molecule has 4 rings (SSSR count). The summed E-state index contributed by atoms with van der Waals surface area (Å²) in [5.74, 6) is -0.618. The second-order valence-corrected chi connectivity index (χ2v) is 10.9. The van der Waals surface area contributed by atoms with Gasteiger partial charge in [-0.25, -0.2) is 9.69 Å². The van der Waals surface area contributed by atoms with E-state index in [1.807, 2.05) is 61.6 Å². The smallest absolute Gasteiger partial charge is 0.335 e. The Labute approximate surface area is 268 Å². The fourth-order valence-corrected chi connectivity index (χ4v) is 5.14. The third-order valence-corrected chi connectivity index (χ3v) is 7.56. The molecule has 0 spiro atoms. The van der Waals surface area contributed by atoms with Crippen molar-refractivity contribution in [2.75, 3.05) is 37.7 Å². The van der Waals surface area contributed by atoms with Crippen LogP contribution in [0.3, 0.4) is 0 Å². The van der Waals surface area contributed by atoms with Crippen LogP contribution in [0.1, 0.15) is 30.0 Å². The van der Waals surface area contributed by atoms with Gasteiger partial charge < -0.3 is 24.3 Å². The number of barbiturate groups is 1. The molecule has 230 valence electrons. The topological polar surface area (TPSA) is 132 Å². The lowest BCUT2D eigenvalue weighted by molar-refractivity contribution is -0.122. The number of hydrogen-bond donors (Lipinski definition) is 2. The minimum absolute atomic E-state index is 0.196. The quantitative estimate of drug-likeness (QED) is 0.154. The number of rotatable bonds is 11. The van der Waals surface area contributed by atoms with Gasteiger partial charge in [-0.2, -0.15) is 0 Å². The van der Waals surface area contributed by atoms with Crippen molar-refractivity contribution < 1.29 is 38.1 Å². The molecule has 0 aliphatic carbocycles. The number of amides is 5. The fraction of sp³-hybridized carbons (Fsp3) is 0.250. The number of halogens is 1. The summed E-state index contributed by atoms with van der Waals surface area (Å²) in [5.41, 5.74) is 3.08. The van der Waals surface area contributed by atoms with Gasteiger partial charge in [-0.05, 0) is 96.0 Å². The first-order valence-electron chi connectivity index (χ1n) is 13.7. The first-order chi connectivity index (χ1) is 21.1. The molecule has 0 saturated carbocycles. The van der Waals surface area contributed by atoms with Crippen LogP contribution in [0, 0.1) is 17.4 Å². The molecule has 0 bridgehead atoms. The molecule has 1 heterocycles. The van der Waals surface area contributed by atoms with Crippen molar-refractivity contribution in [3.05, 3.63) is 74.4 Å². The van der Waals surface area contributed by atoms with Crippen LogP contribution in [0.15, 0.2) is 54.1 Å². The Kier molecular flexibility index (Phi) is 10.5. The Bertz CT molecular complexity index is 1650. The zero-order valence-electron chi connectivity index (χ0n) is 24.9. The van der Waals surface area contributed by atoms with E-state index in [2.05, 4.69) is 10.6 Å². The molecule has 0 unspecified atom stereocenters. The Morgan fingerprint density at radius 1 is 0.977 bits per heavy atom. The number of imide groups is 2. The summed E-state index contributed by atoms with van der Waals surface area (Å²) in [6.07, 6.45) is 2.14. The van der Waals surface area contributed by atoms with Crippen molar-refractivity contribution >= 4 is 63.8 Å². The highest BCUT2D eigenvalue weighted by molar-refractivity contribution is 14.1. The minimum atomic E-state index is -0.892. The number of ether oxygens (including phenoxy) is 4. The summed E-state index contributed by atoms with van der Waals surface area (Å²) in [5, 5.41) is 5.06. The Hall–Kier alpha value is -4.59. The molecule has 3 aromatic rings. The summed E-state index contributed by atoms with van der Waals surface area (Å²) in [6, 6.07) is 12.6. The number of hydrogen-bond acceptors (Lipinski definition) is 8. The fourth-order valence-electron chi connectivity index (χ4n) is 4.36. The van der Waals surface area contributed by atoms with Gasteiger partial charge in [-0.3, -0.25) is 19.7 Å². The van der Waals surface area contributed by atoms with E-state index in [0.29, 0.717) is 38.7 Å². The van der Waals surface area contributed by atoms with Crippen LogP contribution in [0.4, 0.5) is 16.2 Å². The molecule has 12 heteroatoms. The van der Waals surface area contributed by atoms with E-state index in [4.69, 9.17) is 18.9 Å². The molecule has 11 nitrogen and oxygen atoms in total. The van der Waals surface area contributed by atoms with E-state index >= 15 is 0 Å². The van der Waals surface area contributed by atoms with Crippen LogP contribution in [0.5, 0.6) is 23.0 Å². The van der Waals surface area contributed by atoms with Gasteiger partial charge in [0.1, 0.15) is 5.57 Å². The highest BCUT2D eigenvalue weighted by Crippen LogP contribution is 2.36. The highest BCUT2D eigenvalue weighted by atomic mass is 127. The van der Waals surface area contributed by atoms with Crippen molar-refractivity contribution in [1.82, 2.24) is 5.32 Å². The Balaban J connectivity index is 1.57. The van der Waals surface area contributed by atoms with Gasteiger partial charge in [0.2, 0.25) is 0 Å². The van der Waals surface area contributed by atoms with Crippen molar-refractivity contribution in [1.29, 1.82) is 0 Å². The first kappa shape index (κ1) is 32.3. The van der Waals surface area contributed by atoms with Crippen LogP contribution in [0.2, 0.25) is 0 Å². The van der Waals surface area contributed by atoms with Crippen LogP contribution >= 0.6 is 22.6 Å². The molecular formula is C32H32IN3O8. The number of nitrogens with zero attached hydrogens (tertiary/aromatic N) is 1. The molecule has 1 aliphatic heterocycles. The second kappa shape index (κ2) is 14.3. The summed E-state index contributed by atoms with van der Waals surface area (Å²) < 4.78 is 22.9. The standard InChI is InChI=1S/C32H32IN3O8/c1-6-12-43-25-11-10-21(16-26(25)41-4)36-31(39)22(30(38)35-32(36)40)13-20-14-23(33)29(27(15-20)42-5)44-17-28(37)34-24-9-7-8-18(2)19(24)3/h7-11,13-16H,6,12,17H2,1-5H3,(H,34,37)(H,35,38,40)/b22-13-. The maximum absolute atomic E-state index is 13.5. The molecule has 0 radical (unpaired) electrons. The van der Waals surface area contributed by atoms with Gasteiger partial charge in [-0.15, -0.1) is 0 Å². The number of methoxy groups -OCH3 is 2. The third-order valence-electron chi connectivity index (χ3n) is 6.76. The summed E-state index contributed by atoms with van der Waals surface area (Å²) in [4.78, 5) is 52.5. The van der Waals surface area contributed by atoms with Crippen molar-refractivity contribution in [2.45, 2.75) is 27.2 Å². The summed E-state index contributed by atoms with van der Waals surface area (Å²) in [7, 11) is 2.89. The van der Waals surface area contributed by atoms with E-state index in [1.54, 1.807) is 18.2 Å². The SMILES string of the molecule is CCCOc1ccc(N2C(=O)NC(=O)/C(=C/c3cc(I)c(OCC(=O)Nc4cccc(C)c4C)c(OC)c3)C2=O)cc1OC. The zero-order chi connectivity index (χ0) is 32.0. The maximum Gasteiger partial charge on any atom is 0.335 e. The van der Waals surface area contributed by atoms with Crippen molar-refractivity contribution in [3.8, 4) is 23.0 Å². The molecule has 5 amide bonds. The predicted octanol–water partition coefficient (Wildman–Crippen LogP) is 5.40. The van der Waals surface area contributed by atoms with Crippen molar-refractivity contribution in [2.24, 2.45) is 0 Å². The lowest BCUT2D eigenvalue weighted by Crippen LogP contribution is -2.54. The minimum Gasteiger partial charge on any atom is -0.493 e. The number of carbonyl (C=O) groups is 4. The maximum atomic E-state index is 13.5. The van der Waals surface area contributed by atoms with Crippen LogP contribution in [-0.4, -0.2) is 51.2 Å². The van der Waals surface area contributed by atoms with Crippen LogP contribution in [0.25, 0.3) is 6.08 Å². The number of benzene rings is 3. The molecular weight excluding hydrogens is 681 g/mol. The molecule has 44 heavy (non-hydrogen) atoms. The highest BCUT2D eigenvalue weighted by Gasteiger charge is 2.37. The van der Waals surface area contributed by atoms with Gasteiger partial charge in [0.15, 0.2) is 29.6 Å². The van der Waals surface area contributed by atoms with E-state index in [0.717, 1.165) is 22.4 Å². The summed E-state index contributed by atoms with van der Waals surface area (Å²) in [6.45, 7) is 6.04. The number of carbonyl (C=O) groups excluding carboxylic acids is 4. The monoisotopic (exact) mass is 713 g/mol. The number of anilines is 2. The number of aryl methyl sites for hydroxylation is 1. The lowest BCUT2D eigenvalue weighted by atomic mass is 10.1.